The third-order valence-corrected chi connectivity index (χ3v) is 3.16. The van der Waals surface area contributed by atoms with Gasteiger partial charge in [0, 0.05) is 23.7 Å². The molecule has 1 saturated heterocycles. The maximum absolute atomic E-state index is 13.8. The van der Waals surface area contributed by atoms with Crippen molar-refractivity contribution in [3.05, 3.63) is 29.3 Å². The lowest BCUT2D eigenvalue weighted by Crippen LogP contribution is -2.38. The molecule has 1 aromatic heterocycles. The van der Waals surface area contributed by atoms with E-state index in [1.807, 2.05) is 11.9 Å². The summed E-state index contributed by atoms with van der Waals surface area (Å²) in [6, 6.07) is 3.41. The van der Waals surface area contributed by atoms with Crippen LogP contribution in [0.5, 0.6) is 0 Å². The van der Waals surface area contributed by atoms with E-state index < -0.39 is 12.1 Å². The fourth-order valence-corrected chi connectivity index (χ4v) is 2.22. The summed E-state index contributed by atoms with van der Waals surface area (Å²) in [4.78, 5) is 5.69. The summed E-state index contributed by atoms with van der Waals surface area (Å²) in [7, 11) is 1.88. The Bertz CT molecular complexity index is 381. The van der Waals surface area contributed by atoms with E-state index in [0.29, 0.717) is 24.2 Å². The first-order valence-corrected chi connectivity index (χ1v) is 5.53. The molecule has 1 aromatic rings. The molecule has 2 heterocycles. The van der Waals surface area contributed by atoms with Crippen LogP contribution in [0.1, 0.15) is 23.6 Å². The molecule has 2 rings (SSSR count). The molecule has 0 N–H and O–H groups in total. The van der Waals surface area contributed by atoms with Gasteiger partial charge in [0.2, 0.25) is 5.95 Å². The summed E-state index contributed by atoms with van der Waals surface area (Å²) < 4.78 is 27.4. The molecule has 0 radical (unpaired) electrons. The molecular formula is C12H16F2N2. The second-order valence-electron chi connectivity index (χ2n) is 4.51. The molecule has 1 fully saturated rings. The minimum absolute atomic E-state index is 0.343. The number of nitrogens with zero attached hydrogens (tertiary/aromatic N) is 2. The number of aryl methyl sites for hydroxylation is 1. The van der Waals surface area contributed by atoms with Crippen molar-refractivity contribution in [1.82, 2.24) is 9.88 Å². The maximum atomic E-state index is 13.8. The van der Waals surface area contributed by atoms with Gasteiger partial charge in [-0.1, -0.05) is 6.07 Å². The van der Waals surface area contributed by atoms with Gasteiger partial charge in [-0.05, 0) is 33.0 Å². The van der Waals surface area contributed by atoms with E-state index in [-0.39, 0.29) is 5.92 Å². The highest BCUT2D eigenvalue weighted by Gasteiger charge is 2.30. The fraction of sp³-hybridized carbons (Fsp3) is 0.583. The van der Waals surface area contributed by atoms with Gasteiger partial charge < -0.3 is 4.90 Å². The molecule has 0 spiro atoms. The smallest absolute Gasteiger partial charge is 0.216 e. The Hall–Kier alpha value is -1.03. The quantitative estimate of drug-likeness (QED) is 0.683. The average Bonchev–Trinajstić information content (AvgIpc) is 2.19. The van der Waals surface area contributed by atoms with Gasteiger partial charge in [-0.15, -0.1) is 0 Å². The van der Waals surface area contributed by atoms with Crippen LogP contribution in [0.2, 0.25) is 0 Å². The Morgan fingerprint density at radius 1 is 1.44 bits per heavy atom. The van der Waals surface area contributed by atoms with Crippen LogP contribution in [0.4, 0.5) is 8.78 Å². The molecule has 4 heteroatoms. The molecule has 2 unspecified atom stereocenters. The van der Waals surface area contributed by atoms with Crippen LogP contribution in [0.3, 0.4) is 0 Å². The summed E-state index contributed by atoms with van der Waals surface area (Å²) in [5, 5.41) is 0. The Morgan fingerprint density at radius 2 is 2.19 bits per heavy atom. The van der Waals surface area contributed by atoms with Gasteiger partial charge >= 0.3 is 0 Å². The minimum atomic E-state index is -1.00. The summed E-state index contributed by atoms with van der Waals surface area (Å²) in [6.07, 6.45) is -0.350. The van der Waals surface area contributed by atoms with Gasteiger partial charge in [-0.3, -0.25) is 0 Å². The van der Waals surface area contributed by atoms with Gasteiger partial charge in [-0.25, -0.2) is 9.37 Å². The van der Waals surface area contributed by atoms with Crippen LogP contribution in [0.15, 0.2) is 12.1 Å². The Morgan fingerprint density at radius 3 is 2.81 bits per heavy atom. The molecule has 0 amide bonds. The molecule has 0 aromatic carbocycles. The van der Waals surface area contributed by atoms with Crippen molar-refractivity contribution in [2.45, 2.75) is 25.4 Å². The van der Waals surface area contributed by atoms with Crippen molar-refractivity contribution >= 4 is 0 Å². The van der Waals surface area contributed by atoms with Crippen molar-refractivity contribution < 1.29 is 8.78 Å². The minimum Gasteiger partial charge on any atom is -0.303 e. The number of likely N-dealkylation sites (tertiary alicyclic amines) is 1. The van der Waals surface area contributed by atoms with Crippen molar-refractivity contribution in [2.75, 3.05) is 20.1 Å². The van der Waals surface area contributed by atoms with E-state index in [1.54, 1.807) is 19.1 Å². The highest BCUT2D eigenvalue weighted by molar-refractivity contribution is 5.21. The first-order valence-electron chi connectivity index (χ1n) is 5.53. The summed E-state index contributed by atoms with van der Waals surface area (Å²) in [5.74, 6) is -0.860. The second kappa shape index (κ2) is 4.45. The maximum Gasteiger partial charge on any atom is 0.216 e. The van der Waals surface area contributed by atoms with Crippen LogP contribution in [0, 0.1) is 12.9 Å². The van der Waals surface area contributed by atoms with Crippen LogP contribution < -0.4 is 0 Å². The number of piperidine rings is 1. The summed E-state index contributed by atoms with van der Waals surface area (Å²) in [5.41, 5.74) is 1.05. The van der Waals surface area contributed by atoms with Crippen molar-refractivity contribution in [3.63, 3.8) is 0 Å². The molecule has 1 aliphatic rings. The van der Waals surface area contributed by atoms with Crippen molar-refractivity contribution in [1.29, 1.82) is 0 Å². The van der Waals surface area contributed by atoms with Gasteiger partial charge in [0.15, 0.2) is 0 Å². The molecule has 16 heavy (non-hydrogen) atoms. The molecule has 2 atom stereocenters. The first-order chi connectivity index (χ1) is 7.58. The van der Waals surface area contributed by atoms with Crippen molar-refractivity contribution in [2.24, 2.45) is 0 Å². The molecule has 1 aliphatic heterocycles. The van der Waals surface area contributed by atoms with Gasteiger partial charge in [-0.2, -0.15) is 4.39 Å². The molecule has 88 valence electrons. The fourth-order valence-electron chi connectivity index (χ4n) is 2.22. The Balaban J connectivity index is 2.23. The number of hydrogen-bond acceptors (Lipinski definition) is 2. The van der Waals surface area contributed by atoms with E-state index in [9.17, 15) is 8.78 Å². The van der Waals surface area contributed by atoms with Crippen LogP contribution >= 0.6 is 0 Å². The Kier molecular flexibility index (Phi) is 3.19. The zero-order valence-corrected chi connectivity index (χ0v) is 9.58. The topological polar surface area (TPSA) is 16.1 Å². The molecule has 0 bridgehead atoms. The standard InChI is InChI=1S/C12H16F2N2/c1-8-3-4-10(12(14)15-8)9-5-6-16(2)7-11(9)13/h3-4,9,11H,5-7H2,1-2H3. The number of hydrogen-bond donors (Lipinski definition) is 0. The van der Waals surface area contributed by atoms with Crippen LogP contribution in [-0.4, -0.2) is 36.2 Å². The Labute approximate surface area is 94.3 Å². The lowest BCUT2D eigenvalue weighted by molar-refractivity contribution is 0.137. The first kappa shape index (κ1) is 11.5. The van der Waals surface area contributed by atoms with Crippen LogP contribution in [0.25, 0.3) is 0 Å². The number of pyridine rings is 1. The van der Waals surface area contributed by atoms with Gasteiger partial charge in [0.1, 0.15) is 6.17 Å². The van der Waals surface area contributed by atoms with E-state index in [0.717, 1.165) is 6.54 Å². The zero-order chi connectivity index (χ0) is 11.7. The third-order valence-electron chi connectivity index (χ3n) is 3.16. The van der Waals surface area contributed by atoms with E-state index >= 15 is 0 Å². The van der Waals surface area contributed by atoms with Gasteiger partial charge in [0.05, 0.1) is 0 Å². The lowest BCUT2D eigenvalue weighted by atomic mass is 9.89. The predicted molar refractivity (Wildman–Crippen MR) is 58.7 cm³/mol. The SMILES string of the molecule is Cc1ccc(C2CCN(C)CC2F)c(F)n1. The van der Waals surface area contributed by atoms with E-state index in [1.165, 1.54) is 0 Å². The lowest BCUT2D eigenvalue weighted by Gasteiger charge is -2.32. The van der Waals surface area contributed by atoms with Gasteiger partial charge in [0.25, 0.3) is 0 Å². The van der Waals surface area contributed by atoms with Crippen molar-refractivity contribution in [3.8, 4) is 0 Å². The number of alkyl halides is 1. The monoisotopic (exact) mass is 226 g/mol. The highest BCUT2D eigenvalue weighted by atomic mass is 19.1. The highest BCUT2D eigenvalue weighted by Crippen LogP contribution is 2.31. The number of aromatic nitrogens is 1. The summed E-state index contributed by atoms with van der Waals surface area (Å²) in [6.45, 7) is 2.91. The summed E-state index contributed by atoms with van der Waals surface area (Å²) >= 11 is 0. The molecular weight excluding hydrogens is 210 g/mol. The number of halogens is 2. The van der Waals surface area contributed by atoms with E-state index in [2.05, 4.69) is 4.98 Å². The normalized spacial score (nSPS) is 27.0. The second-order valence-corrected chi connectivity index (χ2v) is 4.51. The average molecular weight is 226 g/mol. The third kappa shape index (κ3) is 2.21. The number of rotatable bonds is 1. The van der Waals surface area contributed by atoms with Crippen LogP contribution in [-0.2, 0) is 0 Å². The molecule has 0 saturated carbocycles. The largest absolute Gasteiger partial charge is 0.303 e. The van der Waals surface area contributed by atoms with E-state index in [4.69, 9.17) is 0 Å². The zero-order valence-electron chi connectivity index (χ0n) is 9.58. The molecule has 0 aliphatic carbocycles. The predicted octanol–water partition coefficient (Wildman–Crippen LogP) is 2.29. The molecule has 2 nitrogen and oxygen atoms in total.